The van der Waals surface area contributed by atoms with Gasteiger partial charge in [0.05, 0.1) is 19.6 Å². The summed E-state index contributed by atoms with van der Waals surface area (Å²) >= 11 is 5.89. The summed E-state index contributed by atoms with van der Waals surface area (Å²) in [5, 5.41) is 3.59. The predicted molar refractivity (Wildman–Crippen MR) is 85.4 cm³/mol. The summed E-state index contributed by atoms with van der Waals surface area (Å²) in [6.07, 6.45) is 6.73. The third kappa shape index (κ3) is 4.60. The number of methoxy groups -OCH3 is 1. The van der Waals surface area contributed by atoms with Crippen molar-refractivity contribution < 1.29 is 14.3 Å². The van der Waals surface area contributed by atoms with Crippen LogP contribution in [0, 0.1) is 5.92 Å². The van der Waals surface area contributed by atoms with E-state index in [1.165, 1.54) is 7.11 Å². The van der Waals surface area contributed by atoms with Crippen molar-refractivity contribution in [2.75, 3.05) is 7.11 Å². The van der Waals surface area contributed by atoms with Gasteiger partial charge in [0.1, 0.15) is 0 Å². The molecular weight excluding hydrogens is 302 g/mol. The van der Waals surface area contributed by atoms with Crippen molar-refractivity contribution in [2.24, 2.45) is 5.92 Å². The quantitative estimate of drug-likeness (QED) is 0.668. The summed E-state index contributed by atoms with van der Waals surface area (Å²) in [5.41, 5.74) is 0.842. The number of carbonyl (C=O) groups is 2. The molecular formula is C17H20ClNO3. The summed E-state index contributed by atoms with van der Waals surface area (Å²) < 4.78 is 4.73. The minimum Gasteiger partial charge on any atom is -0.469 e. The Kier molecular flexibility index (Phi) is 6.01. The van der Waals surface area contributed by atoms with Crippen LogP contribution < -0.4 is 5.32 Å². The molecule has 5 heteroatoms. The second-order valence-corrected chi connectivity index (χ2v) is 5.81. The van der Waals surface area contributed by atoms with Crippen molar-refractivity contribution in [3.63, 3.8) is 0 Å². The van der Waals surface area contributed by atoms with Gasteiger partial charge in [-0.1, -0.05) is 35.9 Å². The van der Waals surface area contributed by atoms with Crippen molar-refractivity contribution in [3.05, 3.63) is 47.0 Å². The van der Waals surface area contributed by atoms with Crippen molar-refractivity contribution in [3.8, 4) is 0 Å². The molecule has 0 saturated heterocycles. The molecule has 0 aromatic heterocycles. The Morgan fingerprint density at radius 1 is 1.32 bits per heavy atom. The normalized spacial score (nSPS) is 18.5. The van der Waals surface area contributed by atoms with Crippen molar-refractivity contribution in [1.29, 1.82) is 0 Å². The molecule has 2 rings (SSSR count). The van der Waals surface area contributed by atoms with E-state index in [0.29, 0.717) is 5.02 Å². The molecule has 0 radical (unpaired) electrons. The van der Waals surface area contributed by atoms with Crippen molar-refractivity contribution >= 4 is 23.5 Å². The molecule has 1 amide bonds. The molecule has 1 aromatic rings. The van der Waals surface area contributed by atoms with Gasteiger partial charge in [-0.25, -0.2) is 0 Å². The number of allylic oxidation sites excluding steroid dienone is 2. The first kappa shape index (κ1) is 16.6. The standard InChI is InChI=1S/C17H20ClNO3/c1-22-16(20)11-15(12-7-9-14(18)10-8-12)19-17(21)13-5-3-2-4-6-13/h2-3,7-10,13,15H,4-6,11H2,1H3,(H,19,21)/t13-,15-/m1/s1. The van der Waals surface area contributed by atoms with E-state index in [-0.39, 0.29) is 24.2 Å². The van der Waals surface area contributed by atoms with Crippen LogP contribution >= 0.6 is 11.6 Å². The maximum atomic E-state index is 12.4. The molecule has 0 aliphatic heterocycles. The summed E-state index contributed by atoms with van der Waals surface area (Å²) in [6.45, 7) is 0. The molecule has 0 saturated carbocycles. The van der Waals surface area contributed by atoms with Gasteiger partial charge in [0.15, 0.2) is 0 Å². The van der Waals surface area contributed by atoms with Gasteiger partial charge in [0.2, 0.25) is 5.91 Å². The van der Waals surface area contributed by atoms with Crippen molar-refractivity contribution in [1.82, 2.24) is 5.32 Å². The Morgan fingerprint density at radius 3 is 2.64 bits per heavy atom. The molecule has 22 heavy (non-hydrogen) atoms. The largest absolute Gasteiger partial charge is 0.469 e. The van der Waals surface area contributed by atoms with Crippen LogP contribution in [0.3, 0.4) is 0 Å². The molecule has 1 aliphatic carbocycles. The molecule has 0 spiro atoms. The molecule has 0 bridgehead atoms. The van der Waals surface area contributed by atoms with Crippen LogP contribution in [0.1, 0.15) is 37.3 Å². The number of benzene rings is 1. The highest BCUT2D eigenvalue weighted by Gasteiger charge is 2.24. The van der Waals surface area contributed by atoms with E-state index in [1.54, 1.807) is 12.1 Å². The number of ether oxygens (including phenoxy) is 1. The first-order valence-electron chi connectivity index (χ1n) is 7.38. The van der Waals surface area contributed by atoms with Crippen molar-refractivity contribution in [2.45, 2.75) is 31.7 Å². The second kappa shape index (κ2) is 7.99. The number of amides is 1. The summed E-state index contributed by atoms with van der Waals surface area (Å²) in [4.78, 5) is 24.0. The molecule has 0 fully saturated rings. The SMILES string of the molecule is COC(=O)C[C@@H](NC(=O)[C@@H]1CC=CCC1)c1ccc(Cl)cc1. The van der Waals surface area contributed by atoms with Gasteiger partial charge >= 0.3 is 5.97 Å². The van der Waals surface area contributed by atoms with Crippen LogP contribution in [0.5, 0.6) is 0 Å². The number of carbonyl (C=O) groups excluding carboxylic acids is 2. The highest BCUT2D eigenvalue weighted by molar-refractivity contribution is 6.30. The average Bonchev–Trinajstić information content (AvgIpc) is 2.55. The first-order valence-corrected chi connectivity index (χ1v) is 7.75. The predicted octanol–water partition coefficient (Wildman–Crippen LogP) is 3.42. The summed E-state index contributed by atoms with van der Waals surface area (Å²) in [7, 11) is 1.34. The van der Waals surface area contributed by atoms with E-state index in [4.69, 9.17) is 16.3 Å². The molecule has 0 heterocycles. The minimum absolute atomic E-state index is 0.0202. The molecule has 2 atom stereocenters. The number of hydrogen-bond donors (Lipinski definition) is 1. The third-order valence-corrected chi connectivity index (χ3v) is 4.08. The molecule has 1 aliphatic rings. The van der Waals surface area contributed by atoms with E-state index in [9.17, 15) is 9.59 Å². The number of hydrogen-bond acceptors (Lipinski definition) is 3. The Labute approximate surface area is 135 Å². The fourth-order valence-electron chi connectivity index (χ4n) is 2.52. The van der Waals surface area contributed by atoms with Gasteiger partial charge < -0.3 is 10.1 Å². The smallest absolute Gasteiger partial charge is 0.307 e. The fourth-order valence-corrected chi connectivity index (χ4v) is 2.64. The lowest BCUT2D eigenvalue weighted by Gasteiger charge is -2.23. The van der Waals surface area contributed by atoms with Gasteiger partial charge in [-0.2, -0.15) is 0 Å². The zero-order chi connectivity index (χ0) is 15.9. The molecule has 0 unspecified atom stereocenters. The maximum Gasteiger partial charge on any atom is 0.307 e. The van der Waals surface area contributed by atoms with E-state index in [2.05, 4.69) is 11.4 Å². The number of esters is 1. The van der Waals surface area contributed by atoms with Crippen LogP contribution in [0.15, 0.2) is 36.4 Å². The molecule has 4 nitrogen and oxygen atoms in total. The summed E-state index contributed by atoms with van der Waals surface area (Å²) in [5.74, 6) is -0.408. The van der Waals surface area contributed by atoms with Crippen LogP contribution in [0.4, 0.5) is 0 Å². The van der Waals surface area contributed by atoms with Crippen LogP contribution in [0.2, 0.25) is 5.02 Å². The maximum absolute atomic E-state index is 12.4. The molecule has 118 valence electrons. The topological polar surface area (TPSA) is 55.4 Å². The van der Waals surface area contributed by atoms with E-state index in [1.807, 2.05) is 18.2 Å². The van der Waals surface area contributed by atoms with Gasteiger partial charge in [0.25, 0.3) is 0 Å². The highest BCUT2D eigenvalue weighted by Crippen LogP contribution is 2.23. The number of rotatable bonds is 5. The van der Waals surface area contributed by atoms with Gasteiger partial charge in [0, 0.05) is 10.9 Å². The monoisotopic (exact) mass is 321 g/mol. The highest BCUT2D eigenvalue weighted by atomic mass is 35.5. The minimum atomic E-state index is -0.400. The first-order chi connectivity index (χ1) is 10.6. The Morgan fingerprint density at radius 2 is 2.05 bits per heavy atom. The lowest BCUT2D eigenvalue weighted by molar-refractivity contribution is -0.141. The molecule has 1 aromatic carbocycles. The van der Waals surface area contributed by atoms with Gasteiger partial charge in [-0.15, -0.1) is 0 Å². The fraction of sp³-hybridized carbons (Fsp3) is 0.412. The lowest BCUT2D eigenvalue weighted by Crippen LogP contribution is -2.35. The van der Waals surface area contributed by atoms with Crippen LogP contribution in [-0.4, -0.2) is 19.0 Å². The zero-order valence-corrected chi connectivity index (χ0v) is 13.3. The van der Waals surface area contributed by atoms with E-state index < -0.39 is 6.04 Å². The van der Waals surface area contributed by atoms with Gasteiger partial charge in [-0.3, -0.25) is 9.59 Å². The Bertz CT molecular complexity index is 554. The van der Waals surface area contributed by atoms with E-state index >= 15 is 0 Å². The number of nitrogens with one attached hydrogen (secondary N) is 1. The lowest BCUT2D eigenvalue weighted by atomic mass is 9.92. The van der Waals surface area contributed by atoms with Crippen LogP contribution in [-0.2, 0) is 14.3 Å². The number of halogens is 1. The van der Waals surface area contributed by atoms with Gasteiger partial charge in [-0.05, 0) is 37.0 Å². The zero-order valence-electron chi connectivity index (χ0n) is 12.5. The Balaban J connectivity index is 2.09. The second-order valence-electron chi connectivity index (χ2n) is 5.37. The average molecular weight is 322 g/mol. The Hall–Kier alpha value is -1.81. The summed E-state index contributed by atoms with van der Waals surface area (Å²) in [6, 6.07) is 6.73. The van der Waals surface area contributed by atoms with E-state index in [0.717, 1.165) is 24.8 Å². The van der Waals surface area contributed by atoms with Crippen LogP contribution in [0.25, 0.3) is 0 Å². The third-order valence-electron chi connectivity index (χ3n) is 3.83. The molecule has 1 N–H and O–H groups in total.